The Kier molecular flexibility index (Phi) is 5.58. The molecule has 1 fully saturated rings. The van der Waals surface area contributed by atoms with Gasteiger partial charge in [0.05, 0.1) is 0 Å². The van der Waals surface area contributed by atoms with Crippen LogP contribution in [-0.2, 0) is 0 Å². The summed E-state index contributed by atoms with van der Waals surface area (Å²) in [5.74, 6) is 4.79. The first-order chi connectivity index (χ1) is 7.61. The van der Waals surface area contributed by atoms with E-state index in [1.165, 1.54) is 25.7 Å². The van der Waals surface area contributed by atoms with Crippen LogP contribution in [0.3, 0.4) is 0 Å². The Balaban J connectivity index is 2.48. The monoisotopic (exact) mass is 222 g/mol. The number of rotatable bonds is 6. The van der Waals surface area contributed by atoms with Gasteiger partial charge in [-0.1, -0.05) is 52.7 Å². The minimum Gasteiger partial charge on any atom is -0.0917 e. The van der Waals surface area contributed by atoms with Crippen molar-refractivity contribution in [3.8, 4) is 0 Å². The molecule has 0 bridgehead atoms. The molecule has 0 N–H and O–H groups in total. The molecule has 5 atom stereocenters. The average Bonchev–Trinajstić information content (AvgIpc) is 2.22. The summed E-state index contributed by atoms with van der Waals surface area (Å²) in [7, 11) is 0. The highest BCUT2D eigenvalue weighted by Gasteiger charge is 2.42. The standard InChI is InChI=1S/C16H30/c1-6-8-10-12(3)15-11-14(5)16(15)13(4)9-7-2/h6,8,12-16H,7,9-11H2,1-5H3. The van der Waals surface area contributed by atoms with E-state index in [-0.39, 0.29) is 0 Å². The van der Waals surface area contributed by atoms with Crippen molar-refractivity contribution in [1.29, 1.82) is 0 Å². The third-order valence-corrected chi connectivity index (χ3v) is 4.67. The second kappa shape index (κ2) is 6.47. The third kappa shape index (κ3) is 3.12. The van der Waals surface area contributed by atoms with E-state index in [1.54, 1.807) is 0 Å². The molecule has 1 aliphatic rings. The zero-order valence-electron chi connectivity index (χ0n) is 11.9. The van der Waals surface area contributed by atoms with Crippen molar-refractivity contribution in [1.82, 2.24) is 0 Å². The summed E-state index contributed by atoms with van der Waals surface area (Å²) in [6, 6.07) is 0. The fourth-order valence-corrected chi connectivity index (χ4v) is 3.74. The van der Waals surface area contributed by atoms with Crippen molar-refractivity contribution in [2.24, 2.45) is 29.6 Å². The molecule has 1 saturated carbocycles. The van der Waals surface area contributed by atoms with E-state index < -0.39 is 0 Å². The summed E-state index contributed by atoms with van der Waals surface area (Å²) in [4.78, 5) is 0. The molecule has 0 nitrogen and oxygen atoms in total. The van der Waals surface area contributed by atoms with Crippen molar-refractivity contribution in [2.45, 2.75) is 60.3 Å². The Labute approximate surface area is 103 Å². The Bertz CT molecular complexity index is 216. The van der Waals surface area contributed by atoms with E-state index in [4.69, 9.17) is 0 Å². The van der Waals surface area contributed by atoms with Crippen LogP contribution in [0, 0.1) is 29.6 Å². The average molecular weight is 222 g/mol. The quantitative estimate of drug-likeness (QED) is 0.535. The van der Waals surface area contributed by atoms with Crippen LogP contribution in [0.4, 0.5) is 0 Å². The highest BCUT2D eigenvalue weighted by Crippen LogP contribution is 2.50. The first-order valence-corrected chi connectivity index (χ1v) is 7.22. The SMILES string of the molecule is CC=CCC(C)C1CC(C)C1C(C)CCC. The minimum atomic E-state index is 0.886. The van der Waals surface area contributed by atoms with Gasteiger partial charge in [0.15, 0.2) is 0 Å². The summed E-state index contributed by atoms with van der Waals surface area (Å²) >= 11 is 0. The van der Waals surface area contributed by atoms with Crippen LogP contribution < -0.4 is 0 Å². The zero-order chi connectivity index (χ0) is 12.1. The maximum atomic E-state index is 2.47. The maximum Gasteiger partial charge on any atom is -0.0322 e. The van der Waals surface area contributed by atoms with Gasteiger partial charge in [0.25, 0.3) is 0 Å². The van der Waals surface area contributed by atoms with E-state index in [0.29, 0.717) is 0 Å². The number of hydrogen-bond donors (Lipinski definition) is 0. The lowest BCUT2D eigenvalue weighted by Crippen LogP contribution is -2.42. The Hall–Kier alpha value is -0.260. The molecule has 0 aromatic rings. The molecule has 0 spiro atoms. The van der Waals surface area contributed by atoms with E-state index >= 15 is 0 Å². The summed E-state index contributed by atoms with van der Waals surface area (Å²) in [5.41, 5.74) is 0. The molecule has 0 saturated heterocycles. The van der Waals surface area contributed by atoms with Crippen LogP contribution >= 0.6 is 0 Å². The number of allylic oxidation sites excluding steroid dienone is 2. The lowest BCUT2D eigenvalue weighted by molar-refractivity contribution is -0.00244. The smallest absolute Gasteiger partial charge is 0.0322 e. The molecule has 0 aromatic carbocycles. The van der Waals surface area contributed by atoms with Crippen LogP contribution in [0.1, 0.15) is 60.3 Å². The van der Waals surface area contributed by atoms with Crippen LogP contribution in [-0.4, -0.2) is 0 Å². The van der Waals surface area contributed by atoms with Crippen molar-refractivity contribution in [3.63, 3.8) is 0 Å². The molecule has 1 rings (SSSR count). The van der Waals surface area contributed by atoms with Gasteiger partial charge in [-0.2, -0.15) is 0 Å². The van der Waals surface area contributed by atoms with E-state index in [0.717, 1.165) is 29.6 Å². The molecule has 0 heteroatoms. The lowest BCUT2D eigenvalue weighted by Gasteiger charge is -2.49. The lowest BCUT2D eigenvalue weighted by atomic mass is 9.56. The van der Waals surface area contributed by atoms with Crippen molar-refractivity contribution in [3.05, 3.63) is 12.2 Å². The van der Waals surface area contributed by atoms with Gasteiger partial charge in [0.1, 0.15) is 0 Å². The van der Waals surface area contributed by atoms with Crippen LogP contribution in [0.15, 0.2) is 12.2 Å². The topological polar surface area (TPSA) is 0 Å². The molecule has 1 aliphatic carbocycles. The summed E-state index contributed by atoms with van der Waals surface area (Å²) < 4.78 is 0. The predicted molar refractivity (Wildman–Crippen MR) is 73.4 cm³/mol. The van der Waals surface area contributed by atoms with E-state index in [1.807, 2.05) is 0 Å². The Morgan fingerprint density at radius 1 is 1.25 bits per heavy atom. The Morgan fingerprint density at radius 2 is 1.94 bits per heavy atom. The van der Waals surface area contributed by atoms with Crippen molar-refractivity contribution in [2.75, 3.05) is 0 Å². The van der Waals surface area contributed by atoms with Gasteiger partial charge < -0.3 is 0 Å². The number of hydrogen-bond acceptors (Lipinski definition) is 0. The zero-order valence-corrected chi connectivity index (χ0v) is 11.9. The highest BCUT2D eigenvalue weighted by atomic mass is 14.5. The van der Waals surface area contributed by atoms with E-state index in [2.05, 4.69) is 46.8 Å². The first-order valence-electron chi connectivity index (χ1n) is 7.22. The molecule has 0 aromatic heterocycles. The van der Waals surface area contributed by atoms with Gasteiger partial charge in [-0.15, -0.1) is 0 Å². The largest absolute Gasteiger partial charge is 0.0917 e. The second-order valence-corrected chi connectivity index (χ2v) is 6.00. The van der Waals surface area contributed by atoms with Gasteiger partial charge in [-0.25, -0.2) is 0 Å². The second-order valence-electron chi connectivity index (χ2n) is 6.00. The minimum absolute atomic E-state index is 0.886. The maximum absolute atomic E-state index is 2.47. The van der Waals surface area contributed by atoms with E-state index in [9.17, 15) is 0 Å². The summed E-state index contributed by atoms with van der Waals surface area (Å²) in [6.45, 7) is 11.8. The van der Waals surface area contributed by atoms with Crippen LogP contribution in [0.5, 0.6) is 0 Å². The van der Waals surface area contributed by atoms with Crippen molar-refractivity contribution < 1.29 is 0 Å². The summed E-state index contributed by atoms with van der Waals surface area (Å²) in [5, 5.41) is 0. The molecule has 0 radical (unpaired) electrons. The fraction of sp³-hybridized carbons (Fsp3) is 0.875. The molecule has 94 valence electrons. The fourth-order valence-electron chi connectivity index (χ4n) is 3.74. The molecule has 0 amide bonds. The van der Waals surface area contributed by atoms with Gasteiger partial charge in [-0.05, 0) is 49.4 Å². The van der Waals surface area contributed by atoms with Crippen LogP contribution in [0.25, 0.3) is 0 Å². The van der Waals surface area contributed by atoms with Crippen LogP contribution in [0.2, 0.25) is 0 Å². The molecule has 5 unspecified atom stereocenters. The van der Waals surface area contributed by atoms with Gasteiger partial charge in [0, 0.05) is 0 Å². The van der Waals surface area contributed by atoms with Gasteiger partial charge in [-0.3, -0.25) is 0 Å². The third-order valence-electron chi connectivity index (χ3n) is 4.67. The predicted octanol–water partition coefficient (Wildman–Crippen LogP) is 5.30. The molecule has 16 heavy (non-hydrogen) atoms. The highest BCUT2D eigenvalue weighted by molar-refractivity contribution is 4.94. The Morgan fingerprint density at radius 3 is 2.44 bits per heavy atom. The van der Waals surface area contributed by atoms with Gasteiger partial charge in [0.2, 0.25) is 0 Å². The van der Waals surface area contributed by atoms with Crippen molar-refractivity contribution >= 4 is 0 Å². The molecular weight excluding hydrogens is 192 g/mol. The van der Waals surface area contributed by atoms with Gasteiger partial charge >= 0.3 is 0 Å². The molecule has 0 aliphatic heterocycles. The normalized spacial score (nSPS) is 33.7. The molecule has 0 heterocycles. The summed E-state index contributed by atoms with van der Waals surface area (Å²) in [6.07, 6.45) is 10.1. The molecular formula is C16H30. The first kappa shape index (κ1) is 13.8.